The van der Waals surface area contributed by atoms with Gasteiger partial charge in [0.15, 0.2) is 17.5 Å². The lowest BCUT2D eigenvalue weighted by molar-refractivity contribution is 0.631. The molecule has 0 aliphatic heterocycles. The van der Waals surface area contributed by atoms with Gasteiger partial charge >= 0.3 is 0 Å². The number of benzene rings is 3. The summed E-state index contributed by atoms with van der Waals surface area (Å²) in [6.45, 7) is 0. The van der Waals surface area contributed by atoms with Crippen molar-refractivity contribution >= 4 is 0 Å². The average Bonchev–Trinajstić information content (AvgIpc) is 2.86. The Hall–Kier alpha value is -4.25. The quantitative estimate of drug-likeness (QED) is 0.365. The zero-order chi connectivity index (χ0) is 21.0. The fraction of sp³-hybridized carbons (Fsp3) is 0. The number of aromatic nitrogens is 4. The maximum absolute atomic E-state index is 14.6. The molecule has 4 nitrogen and oxygen atoms in total. The van der Waals surface area contributed by atoms with Crippen molar-refractivity contribution in [3.63, 3.8) is 0 Å². The van der Waals surface area contributed by atoms with Gasteiger partial charge in [-0.2, -0.15) is 0 Å². The first kappa shape index (κ1) is 18.8. The maximum Gasteiger partial charge on any atom is 0.164 e. The van der Waals surface area contributed by atoms with Crippen LogP contribution in [-0.4, -0.2) is 19.9 Å². The van der Waals surface area contributed by atoms with Crippen molar-refractivity contribution in [1.82, 2.24) is 19.9 Å². The summed E-state index contributed by atoms with van der Waals surface area (Å²) in [5.41, 5.74) is 3.42. The SMILES string of the molecule is Fc1ccc(-c2nc(-c3ccccc3)nc(-c3ccccc3)n2)cc1-c1ccccn1. The van der Waals surface area contributed by atoms with Gasteiger partial charge in [-0.25, -0.2) is 19.3 Å². The van der Waals surface area contributed by atoms with E-state index in [1.165, 1.54) is 6.07 Å². The third-order valence-electron chi connectivity index (χ3n) is 4.86. The molecule has 0 saturated heterocycles. The van der Waals surface area contributed by atoms with Crippen molar-refractivity contribution in [3.05, 3.63) is 109 Å². The Morgan fingerprint density at radius 3 is 1.61 bits per heavy atom. The molecular weight excluding hydrogens is 387 g/mol. The first-order valence-electron chi connectivity index (χ1n) is 9.86. The molecule has 2 aromatic heterocycles. The smallest absolute Gasteiger partial charge is 0.164 e. The molecule has 5 rings (SSSR count). The molecule has 0 bridgehead atoms. The number of pyridine rings is 1. The van der Waals surface area contributed by atoms with Crippen molar-refractivity contribution < 1.29 is 4.39 Å². The van der Waals surface area contributed by atoms with Gasteiger partial charge in [0.05, 0.1) is 5.69 Å². The van der Waals surface area contributed by atoms with E-state index in [1.807, 2.05) is 66.7 Å². The van der Waals surface area contributed by atoms with Crippen LogP contribution in [0.5, 0.6) is 0 Å². The Balaban J connectivity index is 1.69. The standard InChI is InChI=1S/C26H17FN4/c27-22-15-14-20(17-21(22)23-13-7-8-16-28-23)26-30-24(18-9-3-1-4-10-18)29-25(31-26)19-11-5-2-6-12-19/h1-17H. The van der Waals surface area contributed by atoms with Crippen LogP contribution >= 0.6 is 0 Å². The predicted octanol–water partition coefficient (Wildman–Crippen LogP) is 6.07. The van der Waals surface area contributed by atoms with Gasteiger partial charge in [-0.15, -0.1) is 0 Å². The first-order chi connectivity index (χ1) is 15.3. The van der Waals surface area contributed by atoms with Crippen molar-refractivity contribution in [3.8, 4) is 45.4 Å². The van der Waals surface area contributed by atoms with Crippen LogP contribution in [0.1, 0.15) is 0 Å². The van der Waals surface area contributed by atoms with E-state index in [0.29, 0.717) is 34.3 Å². The number of halogens is 1. The zero-order valence-corrected chi connectivity index (χ0v) is 16.5. The molecule has 0 atom stereocenters. The molecule has 0 saturated carbocycles. The summed E-state index contributed by atoms with van der Waals surface area (Å²) in [6.07, 6.45) is 1.64. The fourth-order valence-corrected chi connectivity index (χ4v) is 3.32. The number of rotatable bonds is 4. The van der Waals surface area contributed by atoms with E-state index in [1.54, 1.807) is 30.5 Å². The van der Waals surface area contributed by atoms with Crippen molar-refractivity contribution in [1.29, 1.82) is 0 Å². The molecule has 0 aliphatic rings. The molecule has 0 radical (unpaired) electrons. The molecule has 0 spiro atoms. The molecule has 0 N–H and O–H groups in total. The highest BCUT2D eigenvalue weighted by Crippen LogP contribution is 2.28. The Bertz CT molecular complexity index is 1270. The highest BCUT2D eigenvalue weighted by molar-refractivity contribution is 5.71. The van der Waals surface area contributed by atoms with Gasteiger partial charge in [0.1, 0.15) is 5.82 Å². The minimum absolute atomic E-state index is 0.344. The number of hydrogen-bond acceptors (Lipinski definition) is 4. The molecule has 148 valence electrons. The van der Waals surface area contributed by atoms with Crippen LogP contribution < -0.4 is 0 Å². The molecule has 0 amide bonds. The Labute approximate surface area is 179 Å². The minimum Gasteiger partial charge on any atom is -0.256 e. The largest absolute Gasteiger partial charge is 0.256 e. The monoisotopic (exact) mass is 404 g/mol. The van der Waals surface area contributed by atoms with Gasteiger partial charge in [-0.05, 0) is 30.3 Å². The van der Waals surface area contributed by atoms with Crippen LogP contribution in [0, 0.1) is 5.82 Å². The Morgan fingerprint density at radius 1 is 0.516 bits per heavy atom. The average molecular weight is 404 g/mol. The maximum atomic E-state index is 14.6. The zero-order valence-electron chi connectivity index (χ0n) is 16.5. The normalized spacial score (nSPS) is 10.7. The summed E-state index contributed by atoms with van der Waals surface area (Å²) < 4.78 is 14.6. The topological polar surface area (TPSA) is 51.6 Å². The van der Waals surface area contributed by atoms with Gasteiger partial charge in [-0.1, -0.05) is 66.7 Å². The second-order valence-electron chi connectivity index (χ2n) is 6.95. The van der Waals surface area contributed by atoms with Crippen LogP contribution in [-0.2, 0) is 0 Å². The molecule has 5 aromatic rings. The first-order valence-corrected chi connectivity index (χ1v) is 9.86. The summed E-state index contributed by atoms with van der Waals surface area (Å²) in [5.74, 6) is 1.26. The molecule has 0 fully saturated rings. The predicted molar refractivity (Wildman–Crippen MR) is 119 cm³/mol. The molecule has 31 heavy (non-hydrogen) atoms. The third kappa shape index (κ3) is 3.94. The van der Waals surface area contributed by atoms with Crippen LogP contribution in [0.4, 0.5) is 4.39 Å². The highest BCUT2D eigenvalue weighted by atomic mass is 19.1. The van der Waals surface area contributed by atoms with E-state index in [-0.39, 0.29) is 5.82 Å². The second-order valence-corrected chi connectivity index (χ2v) is 6.95. The van der Waals surface area contributed by atoms with E-state index >= 15 is 0 Å². The summed E-state index contributed by atoms with van der Waals surface area (Å²) in [5, 5.41) is 0. The van der Waals surface area contributed by atoms with Crippen LogP contribution in [0.2, 0.25) is 0 Å². The van der Waals surface area contributed by atoms with Gasteiger partial charge < -0.3 is 0 Å². The Kier molecular flexibility index (Phi) is 4.99. The van der Waals surface area contributed by atoms with E-state index in [0.717, 1.165) is 11.1 Å². The molecule has 0 aliphatic carbocycles. The third-order valence-corrected chi connectivity index (χ3v) is 4.86. The Morgan fingerprint density at radius 2 is 1.06 bits per heavy atom. The second kappa shape index (κ2) is 8.24. The fourth-order valence-electron chi connectivity index (χ4n) is 3.32. The van der Waals surface area contributed by atoms with Crippen LogP contribution in [0.25, 0.3) is 45.4 Å². The van der Waals surface area contributed by atoms with E-state index in [2.05, 4.69) is 9.97 Å². The lowest BCUT2D eigenvalue weighted by atomic mass is 10.1. The van der Waals surface area contributed by atoms with Gasteiger partial charge in [0.2, 0.25) is 0 Å². The molecule has 0 unspecified atom stereocenters. The number of hydrogen-bond donors (Lipinski definition) is 0. The van der Waals surface area contributed by atoms with Gasteiger partial charge in [-0.3, -0.25) is 4.98 Å². The van der Waals surface area contributed by atoms with E-state index in [9.17, 15) is 4.39 Å². The van der Waals surface area contributed by atoms with Crippen molar-refractivity contribution in [2.24, 2.45) is 0 Å². The summed E-state index contributed by atoms with van der Waals surface area (Å²) in [7, 11) is 0. The van der Waals surface area contributed by atoms with Crippen molar-refractivity contribution in [2.75, 3.05) is 0 Å². The van der Waals surface area contributed by atoms with Gasteiger partial charge in [0.25, 0.3) is 0 Å². The molecule has 2 heterocycles. The molecule has 5 heteroatoms. The number of nitrogens with zero attached hydrogens (tertiary/aromatic N) is 4. The van der Waals surface area contributed by atoms with Crippen molar-refractivity contribution in [2.45, 2.75) is 0 Å². The summed E-state index contributed by atoms with van der Waals surface area (Å²) in [6, 6.07) is 29.7. The van der Waals surface area contributed by atoms with Gasteiger partial charge in [0, 0.05) is 28.5 Å². The molecule has 3 aromatic carbocycles. The summed E-state index contributed by atoms with van der Waals surface area (Å²) in [4.78, 5) is 18.4. The van der Waals surface area contributed by atoms with Crippen LogP contribution in [0.3, 0.4) is 0 Å². The van der Waals surface area contributed by atoms with Crippen LogP contribution in [0.15, 0.2) is 103 Å². The highest BCUT2D eigenvalue weighted by Gasteiger charge is 2.14. The van der Waals surface area contributed by atoms with E-state index in [4.69, 9.17) is 9.97 Å². The minimum atomic E-state index is -0.344. The van der Waals surface area contributed by atoms with E-state index < -0.39 is 0 Å². The summed E-state index contributed by atoms with van der Waals surface area (Å²) >= 11 is 0. The lowest BCUT2D eigenvalue weighted by Gasteiger charge is -2.10. The lowest BCUT2D eigenvalue weighted by Crippen LogP contribution is -2.00. The molecular formula is C26H17FN4.